The summed E-state index contributed by atoms with van der Waals surface area (Å²) in [5.41, 5.74) is 1.03. The SMILES string of the molecule is CCCCN(C(=O)CC1CNC1)c1ccccc1. The maximum absolute atomic E-state index is 12.4. The van der Waals surface area contributed by atoms with Crippen molar-refractivity contribution in [2.24, 2.45) is 5.92 Å². The van der Waals surface area contributed by atoms with Crippen molar-refractivity contribution in [3.8, 4) is 0 Å². The average Bonchev–Trinajstić information content (AvgIpc) is 2.36. The average molecular weight is 246 g/mol. The Balaban J connectivity index is 2.01. The summed E-state index contributed by atoms with van der Waals surface area (Å²) in [6.45, 7) is 4.97. The molecule has 0 aliphatic carbocycles. The molecule has 0 aromatic heterocycles. The van der Waals surface area contributed by atoms with Gasteiger partial charge in [-0.3, -0.25) is 4.79 Å². The molecule has 2 rings (SSSR count). The van der Waals surface area contributed by atoms with Gasteiger partial charge in [0.05, 0.1) is 0 Å². The molecule has 1 N–H and O–H groups in total. The summed E-state index contributed by atoms with van der Waals surface area (Å²) in [5.74, 6) is 0.798. The quantitative estimate of drug-likeness (QED) is 0.836. The predicted molar refractivity (Wildman–Crippen MR) is 74.7 cm³/mol. The van der Waals surface area contributed by atoms with Crippen molar-refractivity contribution in [3.63, 3.8) is 0 Å². The van der Waals surface area contributed by atoms with E-state index in [0.29, 0.717) is 12.3 Å². The molecule has 3 heteroatoms. The van der Waals surface area contributed by atoms with Crippen LogP contribution in [0, 0.1) is 5.92 Å². The minimum Gasteiger partial charge on any atom is -0.316 e. The van der Waals surface area contributed by atoms with Crippen molar-refractivity contribution >= 4 is 11.6 Å². The Morgan fingerprint density at radius 3 is 2.61 bits per heavy atom. The van der Waals surface area contributed by atoms with E-state index in [2.05, 4.69) is 12.2 Å². The highest BCUT2D eigenvalue weighted by Gasteiger charge is 2.23. The topological polar surface area (TPSA) is 32.3 Å². The first kappa shape index (κ1) is 13.1. The summed E-state index contributed by atoms with van der Waals surface area (Å²) in [6, 6.07) is 10.0. The Labute approximate surface area is 109 Å². The minimum absolute atomic E-state index is 0.265. The minimum atomic E-state index is 0.265. The van der Waals surface area contributed by atoms with Gasteiger partial charge in [-0.2, -0.15) is 0 Å². The van der Waals surface area contributed by atoms with Crippen LogP contribution < -0.4 is 10.2 Å². The maximum Gasteiger partial charge on any atom is 0.227 e. The van der Waals surface area contributed by atoms with E-state index in [1.807, 2.05) is 35.2 Å². The van der Waals surface area contributed by atoms with Crippen LogP contribution in [-0.4, -0.2) is 25.5 Å². The Kier molecular flexibility index (Phi) is 4.76. The Morgan fingerprint density at radius 1 is 1.33 bits per heavy atom. The third kappa shape index (κ3) is 3.33. The Bertz CT molecular complexity index is 373. The number of anilines is 1. The first-order chi connectivity index (χ1) is 8.81. The van der Waals surface area contributed by atoms with E-state index in [0.717, 1.165) is 38.2 Å². The summed E-state index contributed by atoms with van der Waals surface area (Å²) in [7, 11) is 0. The number of amides is 1. The second kappa shape index (κ2) is 6.55. The van der Waals surface area contributed by atoms with Crippen LogP contribution in [0.2, 0.25) is 0 Å². The molecule has 0 atom stereocenters. The van der Waals surface area contributed by atoms with Crippen LogP contribution in [0.1, 0.15) is 26.2 Å². The molecule has 98 valence electrons. The lowest BCUT2D eigenvalue weighted by Gasteiger charge is -2.30. The molecular formula is C15H22N2O. The molecule has 0 unspecified atom stereocenters. The molecular weight excluding hydrogens is 224 g/mol. The van der Waals surface area contributed by atoms with Gasteiger partial charge in [-0.1, -0.05) is 31.5 Å². The predicted octanol–water partition coefficient (Wildman–Crippen LogP) is 2.43. The van der Waals surface area contributed by atoms with E-state index in [4.69, 9.17) is 0 Å². The van der Waals surface area contributed by atoms with Crippen LogP contribution in [0.5, 0.6) is 0 Å². The summed E-state index contributed by atoms with van der Waals surface area (Å²) >= 11 is 0. The van der Waals surface area contributed by atoms with Gasteiger partial charge in [0.15, 0.2) is 0 Å². The Hall–Kier alpha value is -1.35. The van der Waals surface area contributed by atoms with Gasteiger partial charge < -0.3 is 10.2 Å². The van der Waals surface area contributed by atoms with Crippen molar-refractivity contribution in [2.45, 2.75) is 26.2 Å². The van der Waals surface area contributed by atoms with Gasteiger partial charge in [-0.05, 0) is 37.6 Å². The molecule has 1 fully saturated rings. The van der Waals surface area contributed by atoms with Crippen LogP contribution in [0.3, 0.4) is 0 Å². The molecule has 0 bridgehead atoms. The number of carbonyl (C=O) groups is 1. The molecule has 3 nitrogen and oxygen atoms in total. The number of para-hydroxylation sites is 1. The van der Waals surface area contributed by atoms with E-state index in [1.54, 1.807) is 0 Å². The lowest BCUT2D eigenvalue weighted by molar-refractivity contribution is -0.119. The summed E-state index contributed by atoms with van der Waals surface area (Å²) in [5, 5.41) is 3.22. The molecule has 1 aliphatic heterocycles. The van der Waals surface area contributed by atoms with E-state index < -0.39 is 0 Å². The van der Waals surface area contributed by atoms with Gasteiger partial charge in [-0.25, -0.2) is 0 Å². The van der Waals surface area contributed by atoms with Gasteiger partial charge in [0.2, 0.25) is 5.91 Å². The second-order valence-electron chi connectivity index (χ2n) is 4.96. The molecule has 1 heterocycles. The molecule has 0 spiro atoms. The van der Waals surface area contributed by atoms with Gasteiger partial charge in [0.1, 0.15) is 0 Å². The standard InChI is InChI=1S/C15H22N2O/c1-2-3-9-17(14-7-5-4-6-8-14)15(18)10-13-11-16-12-13/h4-8,13,16H,2-3,9-12H2,1H3. The fourth-order valence-electron chi connectivity index (χ4n) is 2.17. The number of benzene rings is 1. The largest absolute Gasteiger partial charge is 0.316 e. The zero-order valence-electron chi connectivity index (χ0n) is 11.1. The van der Waals surface area contributed by atoms with Gasteiger partial charge >= 0.3 is 0 Å². The molecule has 1 aromatic rings. The molecule has 1 aromatic carbocycles. The van der Waals surface area contributed by atoms with Crippen LogP contribution in [0.15, 0.2) is 30.3 Å². The normalized spacial score (nSPS) is 15.2. The second-order valence-corrected chi connectivity index (χ2v) is 4.96. The number of nitrogens with one attached hydrogen (secondary N) is 1. The number of rotatable bonds is 6. The molecule has 1 amide bonds. The summed E-state index contributed by atoms with van der Waals surface area (Å²) in [4.78, 5) is 14.3. The Morgan fingerprint density at radius 2 is 2.06 bits per heavy atom. The van der Waals surface area contributed by atoms with Gasteiger partial charge in [-0.15, -0.1) is 0 Å². The number of carbonyl (C=O) groups excluding carboxylic acids is 1. The summed E-state index contributed by atoms with van der Waals surface area (Å²) in [6.07, 6.45) is 2.84. The van der Waals surface area contributed by atoms with Gasteiger partial charge in [0, 0.05) is 18.7 Å². The lowest BCUT2D eigenvalue weighted by Crippen LogP contribution is -2.45. The monoisotopic (exact) mass is 246 g/mol. The highest BCUT2D eigenvalue weighted by Crippen LogP contribution is 2.18. The van der Waals surface area contributed by atoms with Gasteiger partial charge in [0.25, 0.3) is 0 Å². The first-order valence-corrected chi connectivity index (χ1v) is 6.87. The van der Waals surface area contributed by atoms with Crippen molar-refractivity contribution in [2.75, 3.05) is 24.5 Å². The summed E-state index contributed by atoms with van der Waals surface area (Å²) < 4.78 is 0. The van der Waals surface area contributed by atoms with E-state index >= 15 is 0 Å². The third-order valence-electron chi connectivity index (χ3n) is 3.43. The fraction of sp³-hybridized carbons (Fsp3) is 0.533. The molecule has 1 aliphatic rings. The highest BCUT2D eigenvalue weighted by molar-refractivity contribution is 5.93. The fourth-order valence-corrected chi connectivity index (χ4v) is 2.17. The third-order valence-corrected chi connectivity index (χ3v) is 3.43. The van der Waals surface area contributed by atoms with Crippen molar-refractivity contribution < 1.29 is 4.79 Å². The van der Waals surface area contributed by atoms with E-state index in [9.17, 15) is 4.79 Å². The molecule has 0 saturated carbocycles. The van der Waals surface area contributed by atoms with Crippen LogP contribution in [0.4, 0.5) is 5.69 Å². The lowest BCUT2D eigenvalue weighted by atomic mass is 9.98. The molecule has 0 radical (unpaired) electrons. The molecule has 18 heavy (non-hydrogen) atoms. The van der Waals surface area contributed by atoms with Crippen molar-refractivity contribution in [1.29, 1.82) is 0 Å². The number of hydrogen-bond acceptors (Lipinski definition) is 2. The zero-order valence-corrected chi connectivity index (χ0v) is 11.1. The van der Waals surface area contributed by atoms with Crippen LogP contribution in [-0.2, 0) is 4.79 Å². The maximum atomic E-state index is 12.4. The van der Waals surface area contributed by atoms with Crippen LogP contribution >= 0.6 is 0 Å². The molecule has 1 saturated heterocycles. The zero-order chi connectivity index (χ0) is 12.8. The number of nitrogens with zero attached hydrogens (tertiary/aromatic N) is 1. The smallest absolute Gasteiger partial charge is 0.227 e. The van der Waals surface area contributed by atoms with E-state index in [-0.39, 0.29) is 5.91 Å². The van der Waals surface area contributed by atoms with Crippen molar-refractivity contribution in [1.82, 2.24) is 5.32 Å². The van der Waals surface area contributed by atoms with Crippen molar-refractivity contribution in [3.05, 3.63) is 30.3 Å². The van der Waals surface area contributed by atoms with Crippen LogP contribution in [0.25, 0.3) is 0 Å². The number of unbranched alkanes of at least 4 members (excludes halogenated alkanes) is 1. The van der Waals surface area contributed by atoms with E-state index in [1.165, 1.54) is 0 Å². The highest BCUT2D eigenvalue weighted by atomic mass is 16.2. The first-order valence-electron chi connectivity index (χ1n) is 6.87. The number of hydrogen-bond donors (Lipinski definition) is 1.